The van der Waals surface area contributed by atoms with Gasteiger partial charge in [0.15, 0.2) is 11.8 Å². The van der Waals surface area contributed by atoms with Crippen LogP contribution in [0.5, 0.6) is 0 Å². The number of guanidine groups is 1. The Hall–Kier alpha value is -1.72. The highest BCUT2D eigenvalue weighted by Crippen LogP contribution is 2.12. The molecule has 1 aliphatic heterocycles. The lowest BCUT2D eigenvalue weighted by Crippen LogP contribution is -2.38. The van der Waals surface area contributed by atoms with E-state index in [0.717, 1.165) is 81.1 Å². The lowest BCUT2D eigenvalue weighted by molar-refractivity contribution is 0.0888. The predicted octanol–water partition coefficient (Wildman–Crippen LogP) is 3.00. The molecule has 3 rings (SSSR count). The fraction of sp³-hybridized carbons (Fsp3) is 0.591. The Morgan fingerprint density at radius 1 is 1.32 bits per heavy atom. The Morgan fingerprint density at radius 3 is 2.84 bits per heavy atom. The van der Waals surface area contributed by atoms with Gasteiger partial charge in [0.2, 0.25) is 0 Å². The number of aromatic nitrogens is 3. The number of aryl methyl sites for hydroxylation is 2. The van der Waals surface area contributed by atoms with Gasteiger partial charge in [-0.2, -0.15) is 5.10 Å². The van der Waals surface area contributed by atoms with Crippen LogP contribution in [0.3, 0.4) is 0 Å². The van der Waals surface area contributed by atoms with Gasteiger partial charge in [-0.05, 0) is 51.3 Å². The van der Waals surface area contributed by atoms with E-state index < -0.39 is 0 Å². The van der Waals surface area contributed by atoms with E-state index in [1.165, 1.54) is 0 Å². The van der Waals surface area contributed by atoms with Gasteiger partial charge in [-0.3, -0.25) is 0 Å². The summed E-state index contributed by atoms with van der Waals surface area (Å²) in [6, 6.07) is 6.08. The van der Waals surface area contributed by atoms with Crippen molar-refractivity contribution < 1.29 is 9.47 Å². The summed E-state index contributed by atoms with van der Waals surface area (Å²) >= 11 is 0. The van der Waals surface area contributed by atoms with Gasteiger partial charge in [-0.1, -0.05) is 6.07 Å². The van der Waals surface area contributed by atoms with Crippen LogP contribution in [0.15, 0.2) is 29.4 Å². The van der Waals surface area contributed by atoms with Crippen LogP contribution >= 0.6 is 24.0 Å². The van der Waals surface area contributed by atoms with Crippen molar-refractivity contribution >= 4 is 29.9 Å². The van der Waals surface area contributed by atoms with E-state index in [-0.39, 0.29) is 24.0 Å². The molecule has 8 nitrogen and oxygen atoms in total. The molecule has 0 amide bonds. The molecule has 2 aromatic rings. The summed E-state index contributed by atoms with van der Waals surface area (Å²) in [4.78, 5) is 9.20. The number of ether oxygens (including phenoxy) is 2. The van der Waals surface area contributed by atoms with Crippen molar-refractivity contribution in [3.63, 3.8) is 0 Å². The van der Waals surface area contributed by atoms with Gasteiger partial charge in [0, 0.05) is 44.1 Å². The fourth-order valence-corrected chi connectivity index (χ4v) is 3.35. The summed E-state index contributed by atoms with van der Waals surface area (Å²) in [6.07, 6.45) is 3.92. The SMILES string of the molecule is CCNC(=NCc1ccc(-n2nc(C)cc2C)nc1)NCCCOCC1CCOC1.I. The van der Waals surface area contributed by atoms with E-state index in [9.17, 15) is 0 Å². The number of nitrogens with one attached hydrogen (secondary N) is 2. The number of hydrogen-bond donors (Lipinski definition) is 2. The number of halogens is 1. The molecule has 1 unspecified atom stereocenters. The Kier molecular flexibility index (Phi) is 11.2. The van der Waals surface area contributed by atoms with Gasteiger partial charge in [-0.25, -0.2) is 14.7 Å². The quantitative estimate of drug-likeness (QED) is 0.208. The molecule has 31 heavy (non-hydrogen) atoms. The van der Waals surface area contributed by atoms with Crippen molar-refractivity contribution in [2.45, 2.75) is 40.2 Å². The molecular weight excluding hydrogens is 507 g/mol. The molecule has 2 aromatic heterocycles. The van der Waals surface area contributed by atoms with Crippen LogP contribution < -0.4 is 10.6 Å². The number of hydrogen-bond acceptors (Lipinski definition) is 5. The second kappa shape index (κ2) is 13.6. The maximum absolute atomic E-state index is 5.75. The summed E-state index contributed by atoms with van der Waals surface area (Å²) in [6.45, 7) is 11.6. The molecule has 172 valence electrons. The average Bonchev–Trinajstić information content (AvgIpc) is 3.38. The number of nitrogens with zero attached hydrogens (tertiary/aromatic N) is 4. The second-order valence-corrected chi connectivity index (χ2v) is 7.64. The van der Waals surface area contributed by atoms with Crippen molar-refractivity contribution in [3.05, 3.63) is 41.3 Å². The zero-order chi connectivity index (χ0) is 21.2. The smallest absolute Gasteiger partial charge is 0.191 e. The van der Waals surface area contributed by atoms with Crippen LogP contribution in [0.1, 0.15) is 36.7 Å². The highest BCUT2D eigenvalue weighted by Gasteiger charge is 2.15. The van der Waals surface area contributed by atoms with E-state index >= 15 is 0 Å². The van der Waals surface area contributed by atoms with E-state index in [0.29, 0.717) is 12.5 Å². The molecule has 0 radical (unpaired) electrons. The second-order valence-electron chi connectivity index (χ2n) is 7.64. The Balaban J connectivity index is 0.00000341. The van der Waals surface area contributed by atoms with Crippen molar-refractivity contribution in [3.8, 4) is 5.82 Å². The third kappa shape index (κ3) is 8.38. The van der Waals surface area contributed by atoms with Crippen LogP contribution in [0, 0.1) is 19.8 Å². The number of pyridine rings is 1. The predicted molar refractivity (Wildman–Crippen MR) is 133 cm³/mol. The summed E-state index contributed by atoms with van der Waals surface area (Å²) < 4.78 is 13.0. The number of aliphatic imine (C=N–C) groups is 1. The zero-order valence-electron chi connectivity index (χ0n) is 18.8. The van der Waals surface area contributed by atoms with Crippen molar-refractivity contribution in [1.29, 1.82) is 0 Å². The summed E-state index contributed by atoms with van der Waals surface area (Å²) in [5.41, 5.74) is 3.12. The van der Waals surface area contributed by atoms with Gasteiger partial charge in [0.1, 0.15) is 0 Å². The lowest BCUT2D eigenvalue weighted by Gasteiger charge is -2.12. The van der Waals surface area contributed by atoms with E-state index in [1.807, 2.05) is 42.9 Å². The fourth-order valence-electron chi connectivity index (χ4n) is 3.35. The maximum Gasteiger partial charge on any atom is 0.191 e. The van der Waals surface area contributed by atoms with E-state index in [2.05, 4.69) is 32.6 Å². The van der Waals surface area contributed by atoms with Crippen LogP contribution in [0.25, 0.3) is 5.82 Å². The number of rotatable bonds is 10. The van der Waals surface area contributed by atoms with Gasteiger partial charge in [-0.15, -0.1) is 24.0 Å². The van der Waals surface area contributed by atoms with Crippen LogP contribution in [-0.2, 0) is 16.0 Å². The molecule has 0 saturated carbocycles. The topological polar surface area (TPSA) is 85.6 Å². The monoisotopic (exact) mass is 542 g/mol. The molecule has 0 bridgehead atoms. The molecule has 0 aliphatic carbocycles. The van der Waals surface area contributed by atoms with Crippen LogP contribution in [-0.4, -0.2) is 60.2 Å². The summed E-state index contributed by atoms with van der Waals surface area (Å²) in [7, 11) is 0. The van der Waals surface area contributed by atoms with E-state index in [1.54, 1.807) is 0 Å². The standard InChI is InChI=1S/C22H34N6O2.HI/c1-4-23-22(24-9-5-10-29-15-20-8-11-30-16-20)26-14-19-6-7-21(25-13-19)28-18(3)12-17(2)27-28;/h6-7,12-13,20H,4-5,8-11,14-16H2,1-3H3,(H2,23,24,26);1H. The van der Waals surface area contributed by atoms with Crippen molar-refractivity contribution in [2.24, 2.45) is 10.9 Å². The normalized spacial score (nSPS) is 16.2. The molecule has 3 heterocycles. The molecule has 1 saturated heterocycles. The third-order valence-electron chi connectivity index (χ3n) is 4.94. The Labute approximate surface area is 202 Å². The van der Waals surface area contributed by atoms with Crippen molar-refractivity contribution in [1.82, 2.24) is 25.4 Å². The van der Waals surface area contributed by atoms with Crippen LogP contribution in [0.4, 0.5) is 0 Å². The molecule has 0 spiro atoms. The molecule has 1 aliphatic rings. The molecule has 1 atom stereocenters. The van der Waals surface area contributed by atoms with Crippen LogP contribution in [0.2, 0.25) is 0 Å². The highest BCUT2D eigenvalue weighted by atomic mass is 127. The minimum atomic E-state index is 0. The summed E-state index contributed by atoms with van der Waals surface area (Å²) in [5.74, 6) is 2.20. The van der Waals surface area contributed by atoms with E-state index in [4.69, 9.17) is 9.47 Å². The first-order chi connectivity index (χ1) is 14.7. The first kappa shape index (κ1) is 25.5. The lowest BCUT2D eigenvalue weighted by atomic mass is 10.1. The minimum Gasteiger partial charge on any atom is -0.381 e. The molecular formula is C22H35IN6O2. The first-order valence-corrected chi connectivity index (χ1v) is 10.8. The van der Waals surface area contributed by atoms with Gasteiger partial charge >= 0.3 is 0 Å². The largest absolute Gasteiger partial charge is 0.381 e. The molecule has 0 aromatic carbocycles. The molecule has 1 fully saturated rings. The third-order valence-corrected chi connectivity index (χ3v) is 4.94. The zero-order valence-corrected chi connectivity index (χ0v) is 21.1. The highest BCUT2D eigenvalue weighted by molar-refractivity contribution is 14.0. The first-order valence-electron chi connectivity index (χ1n) is 10.8. The summed E-state index contributed by atoms with van der Waals surface area (Å²) in [5, 5.41) is 11.1. The van der Waals surface area contributed by atoms with Crippen molar-refractivity contribution in [2.75, 3.05) is 39.5 Å². The van der Waals surface area contributed by atoms with Gasteiger partial charge < -0.3 is 20.1 Å². The minimum absolute atomic E-state index is 0. The Bertz CT molecular complexity index is 803. The van der Waals surface area contributed by atoms with Gasteiger partial charge in [0.05, 0.1) is 25.5 Å². The van der Waals surface area contributed by atoms with Gasteiger partial charge in [0.25, 0.3) is 0 Å². The average molecular weight is 542 g/mol. The molecule has 9 heteroatoms. The maximum atomic E-state index is 5.75. The molecule has 2 N–H and O–H groups in total. The Morgan fingerprint density at radius 2 is 2.19 bits per heavy atom.